The molecule has 1 aliphatic heterocycles. The number of ether oxygens (including phenoxy) is 1. The van der Waals surface area contributed by atoms with Crippen LogP contribution in [0.5, 0.6) is 0 Å². The lowest BCUT2D eigenvalue weighted by atomic mass is 10.0. The number of carbonyl (C=O) groups is 3. The lowest BCUT2D eigenvalue weighted by molar-refractivity contribution is -0.121. The van der Waals surface area contributed by atoms with Crippen LogP contribution in [0, 0.1) is 13.8 Å². The second-order valence-corrected chi connectivity index (χ2v) is 6.60. The Balaban J connectivity index is 2.01. The lowest BCUT2D eigenvalue weighted by Gasteiger charge is -2.29. The van der Waals surface area contributed by atoms with Crippen LogP contribution in [0.1, 0.15) is 50.1 Å². The van der Waals surface area contributed by atoms with Crippen molar-refractivity contribution in [3.8, 4) is 0 Å². The maximum Gasteiger partial charge on any atom is 0.339 e. The average Bonchev–Trinajstić information content (AvgIpc) is 2.84. The molecule has 7 heteroatoms. The summed E-state index contributed by atoms with van der Waals surface area (Å²) in [5, 5.41) is 2.82. The van der Waals surface area contributed by atoms with Gasteiger partial charge in [-0.25, -0.2) is 4.79 Å². The summed E-state index contributed by atoms with van der Waals surface area (Å²) in [5.41, 5.74) is 2.77. The Bertz CT molecular complexity index is 873. The Labute approximate surface area is 157 Å². The van der Waals surface area contributed by atoms with Crippen molar-refractivity contribution in [3.63, 3.8) is 0 Å². The molecule has 3 rings (SSSR count). The van der Waals surface area contributed by atoms with E-state index in [-0.39, 0.29) is 24.3 Å². The fourth-order valence-electron chi connectivity index (χ4n) is 3.56. The number of nitrogens with zero attached hydrogens (tertiary/aromatic N) is 1. The van der Waals surface area contributed by atoms with Gasteiger partial charge >= 0.3 is 5.97 Å². The van der Waals surface area contributed by atoms with E-state index in [9.17, 15) is 14.4 Å². The quantitative estimate of drug-likeness (QED) is 0.811. The third-order valence-corrected chi connectivity index (χ3v) is 4.92. The Morgan fingerprint density at radius 3 is 2.56 bits per heavy atom. The van der Waals surface area contributed by atoms with Crippen LogP contribution in [-0.4, -0.2) is 47.9 Å². The van der Waals surface area contributed by atoms with Gasteiger partial charge in [0.05, 0.1) is 25.1 Å². The number of hydrogen-bond donors (Lipinski definition) is 2. The van der Waals surface area contributed by atoms with E-state index in [0.29, 0.717) is 35.6 Å². The van der Waals surface area contributed by atoms with Gasteiger partial charge in [-0.05, 0) is 25.0 Å². The van der Waals surface area contributed by atoms with Crippen LogP contribution in [0.2, 0.25) is 0 Å². The molecule has 0 bridgehead atoms. The first-order valence-electron chi connectivity index (χ1n) is 8.84. The zero-order valence-corrected chi connectivity index (χ0v) is 15.7. The monoisotopic (exact) mass is 369 g/mol. The van der Waals surface area contributed by atoms with Crippen LogP contribution in [0.3, 0.4) is 0 Å². The molecular formula is C20H23N3O4. The molecule has 2 N–H and O–H groups in total. The number of aromatic amines is 1. The molecule has 1 fully saturated rings. The van der Waals surface area contributed by atoms with E-state index in [0.717, 1.165) is 5.56 Å². The highest BCUT2D eigenvalue weighted by Crippen LogP contribution is 2.29. The molecule has 0 saturated carbocycles. The number of hydrogen-bond acceptors (Lipinski definition) is 4. The molecule has 1 aliphatic rings. The molecule has 1 aromatic carbocycles. The molecule has 0 aliphatic carbocycles. The van der Waals surface area contributed by atoms with E-state index in [1.165, 1.54) is 7.11 Å². The number of nitrogens with one attached hydrogen (secondary N) is 2. The minimum Gasteiger partial charge on any atom is -0.465 e. The first-order chi connectivity index (χ1) is 12.9. The van der Waals surface area contributed by atoms with Crippen molar-refractivity contribution in [2.75, 3.05) is 20.2 Å². The topological polar surface area (TPSA) is 91.5 Å². The Hall–Kier alpha value is -3.09. The predicted molar refractivity (Wildman–Crippen MR) is 99.5 cm³/mol. The van der Waals surface area contributed by atoms with E-state index in [1.807, 2.05) is 30.3 Å². The summed E-state index contributed by atoms with van der Waals surface area (Å²) in [7, 11) is 1.31. The van der Waals surface area contributed by atoms with Crippen LogP contribution < -0.4 is 5.32 Å². The van der Waals surface area contributed by atoms with E-state index < -0.39 is 5.97 Å². The highest BCUT2D eigenvalue weighted by molar-refractivity contribution is 6.01. The normalized spacial score (nSPS) is 17.2. The number of aryl methyl sites for hydroxylation is 1. The zero-order chi connectivity index (χ0) is 19.6. The van der Waals surface area contributed by atoms with Crippen LogP contribution in [0.4, 0.5) is 0 Å². The average molecular weight is 369 g/mol. The maximum absolute atomic E-state index is 13.3. The Morgan fingerprint density at radius 1 is 1.19 bits per heavy atom. The molecule has 0 unspecified atom stereocenters. The largest absolute Gasteiger partial charge is 0.465 e. The fourth-order valence-corrected chi connectivity index (χ4v) is 3.56. The molecule has 1 atom stereocenters. The highest BCUT2D eigenvalue weighted by Gasteiger charge is 2.33. The molecule has 0 radical (unpaired) electrons. The van der Waals surface area contributed by atoms with Gasteiger partial charge in [-0.1, -0.05) is 30.3 Å². The van der Waals surface area contributed by atoms with E-state index in [2.05, 4.69) is 10.3 Å². The summed E-state index contributed by atoms with van der Waals surface area (Å²) in [6, 6.07) is 9.13. The van der Waals surface area contributed by atoms with Crippen molar-refractivity contribution in [2.24, 2.45) is 0 Å². The van der Waals surface area contributed by atoms with Gasteiger partial charge in [-0.3, -0.25) is 9.59 Å². The van der Waals surface area contributed by atoms with Crippen molar-refractivity contribution in [2.45, 2.75) is 26.3 Å². The summed E-state index contributed by atoms with van der Waals surface area (Å²) < 4.78 is 4.82. The minimum absolute atomic E-state index is 0.0891. The van der Waals surface area contributed by atoms with E-state index in [1.54, 1.807) is 18.7 Å². The number of benzene rings is 1. The maximum atomic E-state index is 13.3. The molecule has 0 spiro atoms. The third-order valence-electron chi connectivity index (χ3n) is 4.92. The molecular weight excluding hydrogens is 346 g/mol. The van der Waals surface area contributed by atoms with Gasteiger partial charge in [0.15, 0.2) is 0 Å². The van der Waals surface area contributed by atoms with Crippen LogP contribution >= 0.6 is 0 Å². The van der Waals surface area contributed by atoms with Crippen LogP contribution in [-0.2, 0) is 9.53 Å². The molecule has 27 heavy (non-hydrogen) atoms. The summed E-state index contributed by atoms with van der Waals surface area (Å²) in [5.74, 6) is -0.808. The standard InChI is InChI=1S/C20H23N3O4/c1-12-17(20(26)27-3)13(2)22-18(12)19(25)23-10-9-21-16(24)11-15(23)14-7-5-4-6-8-14/h4-8,15,22H,9-11H2,1-3H3,(H,21,24)/t15-/m0/s1. The van der Waals surface area contributed by atoms with Crippen molar-refractivity contribution < 1.29 is 19.1 Å². The summed E-state index contributed by atoms with van der Waals surface area (Å²) in [6.45, 7) is 4.23. The molecule has 7 nitrogen and oxygen atoms in total. The number of amides is 2. The molecule has 142 valence electrons. The third kappa shape index (κ3) is 3.58. The molecule has 2 heterocycles. The smallest absolute Gasteiger partial charge is 0.339 e. The van der Waals surface area contributed by atoms with Crippen molar-refractivity contribution >= 4 is 17.8 Å². The van der Waals surface area contributed by atoms with Crippen LogP contribution in [0.25, 0.3) is 0 Å². The van der Waals surface area contributed by atoms with Crippen molar-refractivity contribution in [1.82, 2.24) is 15.2 Å². The van der Waals surface area contributed by atoms with Crippen LogP contribution in [0.15, 0.2) is 30.3 Å². The minimum atomic E-state index is -0.479. The fraction of sp³-hybridized carbons (Fsp3) is 0.350. The summed E-state index contributed by atoms with van der Waals surface area (Å²) in [4.78, 5) is 42.2. The number of esters is 1. The number of methoxy groups -OCH3 is 1. The van der Waals surface area contributed by atoms with E-state index >= 15 is 0 Å². The zero-order valence-electron chi connectivity index (χ0n) is 15.7. The lowest BCUT2D eigenvalue weighted by Crippen LogP contribution is -2.37. The molecule has 1 aromatic heterocycles. The van der Waals surface area contributed by atoms with Crippen molar-refractivity contribution in [3.05, 3.63) is 58.4 Å². The molecule has 2 aromatic rings. The molecule has 2 amide bonds. The summed E-state index contributed by atoms with van der Waals surface area (Å²) >= 11 is 0. The van der Waals surface area contributed by atoms with Gasteiger partial charge in [0.2, 0.25) is 5.91 Å². The number of aromatic nitrogens is 1. The van der Waals surface area contributed by atoms with Gasteiger partial charge in [-0.2, -0.15) is 0 Å². The Kier molecular flexibility index (Phi) is 5.30. The SMILES string of the molecule is COC(=O)c1c(C)[nH]c(C(=O)N2CCNC(=O)C[C@H]2c2ccccc2)c1C. The van der Waals surface area contributed by atoms with Gasteiger partial charge in [0.25, 0.3) is 5.91 Å². The number of carbonyl (C=O) groups excluding carboxylic acids is 3. The second kappa shape index (κ2) is 7.65. The Morgan fingerprint density at radius 2 is 1.89 bits per heavy atom. The number of rotatable bonds is 3. The van der Waals surface area contributed by atoms with Gasteiger partial charge in [-0.15, -0.1) is 0 Å². The summed E-state index contributed by atoms with van der Waals surface area (Å²) in [6.07, 6.45) is 0.193. The van der Waals surface area contributed by atoms with E-state index in [4.69, 9.17) is 4.74 Å². The first kappa shape index (κ1) is 18.7. The van der Waals surface area contributed by atoms with Gasteiger partial charge in [0.1, 0.15) is 5.69 Å². The van der Waals surface area contributed by atoms with Gasteiger partial charge < -0.3 is 19.9 Å². The number of H-pyrrole nitrogens is 1. The second-order valence-electron chi connectivity index (χ2n) is 6.60. The first-order valence-corrected chi connectivity index (χ1v) is 8.84. The predicted octanol–water partition coefficient (Wildman–Crippen LogP) is 2.12. The molecule has 1 saturated heterocycles. The highest BCUT2D eigenvalue weighted by atomic mass is 16.5. The van der Waals surface area contributed by atoms with Gasteiger partial charge in [0, 0.05) is 18.8 Å². The van der Waals surface area contributed by atoms with Crippen molar-refractivity contribution in [1.29, 1.82) is 0 Å².